The number of benzene rings is 3. The lowest BCUT2D eigenvalue weighted by Crippen LogP contribution is -2.26. The molecule has 1 heterocycles. The van der Waals surface area contributed by atoms with Crippen LogP contribution in [0.3, 0.4) is 0 Å². The van der Waals surface area contributed by atoms with Gasteiger partial charge in [-0.2, -0.15) is 8.75 Å². The quantitative estimate of drug-likeness (QED) is 0.402. The van der Waals surface area contributed by atoms with Crippen molar-refractivity contribution in [2.75, 3.05) is 23.3 Å². The van der Waals surface area contributed by atoms with Crippen LogP contribution >= 0.6 is 11.7 Å². The van der Waals surface area contributed by atoms with E-state index in [1.165, 1.54) is 31.3 Å². The number of fused-ring (bicyclic) bond motifs is 1. The minimum atomic E-state index is -3.80. The molecular formula is C22H18N4O5S2. The van der Waals surface area contributed by atoms with Gasteiger partial charge < -0.3 is 10.1 Å². The lowest BCUT2D eigenvalue weighted by molar-refractivity contribution is -0.119. The summed E-state index contributed by atoms with van der Waals surface area (Å²) in [6, 6.07) is 19.1. The van der Waals surface area contributed by atoms with Crippen molar-refractivity contribution in [3.8, 4) is 0 Å². The van der Waals surface area contributed by atoms with E-state index in [0.29, 0.717) is 22.4 Å². The first-order valence-electron chi connectivity index (χ1n) is 9.68. The number of esters is 1. The topological polar surface area (TPSA) is 119 Å². The van der Waals surface area contributed by atoms with Gasteiger partial charge in [0.15, 0.2) is 6.61 Å². The minimum Gasteiger partial charge on any atom is -0.452 e. The summed E-state index contributed by atoms with van der Waals surface area (Å²) in [5.74, 6) is -1.29. The van der Waals surface area contributed by atoms with E-state index in [1.54, 1.807) is 48.5 Å². The van der Waals surface area contributed by atoms with Gasteiger partial charge in [0, 0.05) is 7.05 Å². The Morgan fingerprint density at radius 3 is 2.42 bits per heavy atom. The number of anilines is 2. The highest BCUT2D eigenvalue weighted by molar-refractivity contribution is 7.92. The molecule has 0 bridgehead atoms. The second-order valence-corrected chi connectivity index (χ2v) is 9.39. The third kappa shape index (κ3) is 4.83. The van der Waals surface area contributed by atoms with E-state index in [4.69, 9.17) is 4.74 Å². The zero-order valence-electron chi connectivity index (χ0n) is 17.3. The van der Waals surface area contributed by atoms with Crippen molar-refractivity contribution in [2.24, 2.45) is 0 Å². The Morgan fingerprint density at radius 1 is 0.970 bits per heavy atom. The predicted molar refractivity (Wildman–Crippen MR) is 125 cm³/mol. The number of nitrogens with one attached hydrogen (secondary N) is 1. The standard InChI is InChI=1S/C22H18N4O5S2/c1-26(16-6-3-2-4-7-16)33(29,30)17-12-10-15(11-13-17)22(28)31-14-20(27)23-18-8-5-9-19-21(18)25-32-24-19/h2-13H,14H2,1H3,(H,23,27). The van der Waals surface area contributed by atoms with Gasteiger partial charge in [-0.15, -0.1) is 0 Å². The van der Waals surface area contributed by atoms with Gasteiger partial charge in [0.25, 0.3) is 15.9 Å². The summed E-state index contributed by atoms with van der Waals surface area (Å²) in [7, 11) is -2.35. The number of carbonyl (C=O) groups excluding carboxylic acids is 2. The average Bonchev–Trinajstić information content (AvgIpc) is 3.33. The summed E-state index contributed by atoms with van der Waals surface area (Å²) < 4.78 is 40.1. The van der Waals surface area contributed by atoms with Crippen LogP contribution in [-0.4, -0.2) is 42.7 Å². The summed E-state index contributed by atoms with van der Waals surface area (Å²) in [5, 5.41) is 2.64. The summed E-state index contributed by atoms with van der Waals surface area (Å²) in [6.07, 6.45) is 0. The highest BCUT2D eigenvalue weighted by Crippen LogP contribution is 2.23. The van der Waals surface area contributed by atoms with E-state index in [2.05, 4.69) is 14.1 Å². The van der Waals surface area contributed by atoms with E-state index in [-0.39, 0.29) is 10.5 Å². The van der Waals surface area contributed by atoms with E-state index < -0.39 is 28.5 Å². The Bertz CT molecular complexity index is 1400. The third-order valence-corrected chi connectivity index (χ3v) is 7.11. The third-order valence-electron chi connectivity index (χ3n) is 4.76. The van der Waals surface area contributed by atoms with Crippen LogP contribution in [0.25, 0.3) is 11.0 Å². The number of sulfonamides is 1. The fraction of sp³-hybridized carbons (Fsp3) is 0.0909. The summed E-state index contributed by atoms with van der Waals surface area (Å²) >= 11 is 1.03. The number of amides is 1. The summed E-state index contributed by atoms with van der Waals surface area (Å²) in [6.45, 7) is -0.510. The van der Waals surface area contributed by atoms with E-state index in [0.717, 1.165) is 16.0 Å². The fourth-order valence-corrected chi connectivity index (χ4v) is 4.75. The Hall–Kier alpha value is -3.83. The molecule has 0 aliphatic carbocycles. The average molecular weight is 483 g/mol. The van der Waals surface area contributed by atoms with Crippen molar-refractivity contribution >= 4 is 56.0 Å². The molecule has 0 spiro atoms. The first-order valence-corrected chi connectivity index (χ1v) is 11.9. The number of hydrogen-bond acceptors (Lipinski definition) is 8. The van der Waals surface area contributed by atoms with Crippen molar-refractivity contribution in [2.45, 2.75) is 4.90 Å². The molecule has 1 aromatic heterocycles. The van der Waals surface area contributed by atoms with E-state index >= 15 is 0 Å². The Balaban J connectivity index is 1.38. The number of para-hydroxylation sites is 1. The normalized spacial score (nSPS) is 11.2. The van der Waals surface area contributed by atoms with Crippen molar-refractivity contribution < 1.29 is 22.7 Å². The first-order chi connectivity index (χ1) is 15.9. The van der Waals surface area contributed by atoms with E-state index in [9.17, 15) is 18.0 Å². The number of hydrogen-bond donors (Lipinski definition) is 1. The molecule has 0 aliphatic heterocycles. The zero-order valence-corrected chi connectivity index (χ0v) is 19.0. The molecule has 168 valence electrons. The maximum atomic E-state index is 12.8. The largest absolute Gasteiger partial charge is 0.452 e. The lowest BCUT2D eigenvalue weighted by Gasteiger charge is -2.19. The van der Waals surface area contributed by atoms with Gasteiger partial charge >= 0.3 is 5.97 Å². The van der Waals surface area contributed by atoms with Gasteiger partial charge in [-0.25, -0.2) is 13.2 Å². The highest BCUT2D eigenvalue weighted by Gasteiger charge is 2.22. The summed E-state index contributed by atoms with van der Waals surface area (Å²) in [4.78, 5) is 24.5. The van der Waals surface area contributed by atoms with Crippen molar-refractivity contribution in [3.63, 3.8) is 0 Å². The molecular weight excluding hydrogens is 464 g/mol. The van der Waals surface area contributed by atoms with Crippen LogP contribution in [0.4, 0.5) is 11.4 Å². The van der Waals surface area contributed by atoms with Gasteiger partial charge in [-0.3, -0.25) is 9.10 Å². The van der Waals surface area contributed by atoms with Gasteiger partial charge in [-0.05, 0) is 48.5 Å². The predicted octanol–water partition coefficient (Wildman–Crippen LogP) is 3.31. The first kappa shape index (κ1) is 22.4. The Kier molecular flexibility index (Phi) is 6.33. The van der Waals surface area contributed by atoms with Crippen molar-refractivity contribution in [1.82, 2.24) is 8.75 Å². The molecule has 0 unspecified atom stereocenters. The van der Waals surface area contributed by atoms with Crippen molar-refractivity contribution in [3.05, 3.63) is 78.4 Å². The Morgan fingerprint density at radius 2 is 1.70 bits per heavy atom. The van der Waals surface area contributed by atoms with Crippen molar-refractivity contribution in [1.29, 1.82) is 0 Å². The number of ether oxygens (including phenoxy) is 1. The molecule has 0 saturated carbocycles. The van der Waals surface area contributed by atoms with Gasteiger partial charge in [0.05, 0.1) is 33.6 Å². The second kappa shape index (κ2) is 9.35. The number of carbonyl (C=O) groups is 2. The Labute approximate surface area is 194 Å². The number of nitrogens with zero attached hydrogens (tertiary/aromatic N) is 3. The molecule has 33 heavy (non-hydrogen) atoms. The molecule has 3 aromatic carbocycles. The van der Waals surface area contributed by atoms with Gasteiger partial charge in [0.2, 0.25) is 0 Å². The smallest absolute Gasteiger partial charge is 0.338 e. The fourth-order valence-electron chi connectivity index (χ4n) is 3.01. The molecule has 0 radical (unpaired) electrons. The number of rotatable bonds is 7. The van der Waals surface area contributed by atoms with Crippen LogP contribution in [0, 0.1) is 0 Å². The molecule has 4 aromatic rings. The van der Waals surface area contributed by atoms with Gasteiger partial charge in [-0.1, -0.05) is 24.3 Å². The molecule has 0 fully saturated rings. The maximum absolute atomic E-state index is 12.8. The lowest BCUT2D eigenvalue weighted by atomic mass is 10.2. The van der Waals surface area contributed by atoms with Crippen LogP contribution in [0.15, 0.2) is 77.7 Å². The molecule has 1 amide bonds. The molecule has 0 aliphatic rings. The molecule has 4 rings (SSSR count). The summed E-state index contributed by atoms with van der Waals surface area (Å²) in [5.41, 5.74) is 2.31. The molecule has 1 N–H and O–H groups in total. The van der Waals surface area contributed by atoms with E-state index in [1.807, 2.05) is 0 Å². The number of aromatic nitrogens is 2. The van der Waals surface area contributed by atoms with Crippen LogP contribution in [0.1, 0.15) is 10.4 Å². The molecule has 0 atom stereocenters. The SMILES string of the molecule is CN(c1ccccc1)S(=O)(=O)c1ccc(C(=O)OCC(=O)Nc2cccc3nsnc23)cc1. The highest BCUT2D eigenvalue weighted by atomic mass is 32.2. The van der Waals surface area contributed by atoms with Gasteiger partial charge in [0.1, 0.15) is 11.0 Å². The molecule has 0 saturated heterocycles. The molecule has 9 nitrogen and oxygen atoms in total. The van der Waals surface area contributed by atoms with Crippen LogP contribution in [0.5, 0.6) is 0 Å². The second-order valence-electron chi connectivity index (χ2n) is 6.89. The minimum absolute atomic E-state index is 0.0214. The monoisotopic (exact) mass is 482 g/mol. The van der Waals surface area contributed by atoms with Crippen LogP contribution in [-0.2, 0) is 19.6 Å². The van der Waals surface area contributed by atoms with Crippen LogP contribution in [0.2, 0.25) is 0 Å². The van der Waals surface area contributed by atoms with Crippen LogP contribution < -0.4 is 9.62 Å². The molecule has 11 heteroatoms. The zero-order chi connectivity index (χ0) is 23.4. The maximum Gasteiger partial charge on any atom is 0.338 e.